The Morgan fingerprint density at radius 1 is 0.857 bits per heavy atom. The van der Waals surface area contributed by atoms with Crippen LogP contribution in [0.25, 0.3) is 0 Å². The molecule has 0 radical (unpaired) electrons. The van der Waals surface area contributed by atoms with Crippen LogP contribution in [0.2, 0.25) is 0 Å². The smallest absolute Gasteiger partial charge is 0.237 e. The van der Waals surface area contributed by atoms with E-state index < -0.39 is 0 Å². The predicted molar refractivity (Wildman–Crippen MR) is 47.1 cm³/mol. The molecule has 6 nitrogen and oxygen atoms in total. The summed E-state index contributed by atoms with van der Waals surface area (Å²) in [5.41, 5.74) is 0. The normalized spacial score (nSPS) is 8.86. The SMILES string of the molecule is O=C=NCOCCCCOCN=C=O. The molecule has 0 spiro atoms. The highest BCUT2D eigenvalue weighted by atomic mass is 16.5. The van der Waals surface area contributed by atoms with Crippen molar-refractivity contribution in [1.29, 1.82) is 0 Å². The molecule has 0 aromatic carbocycles. The van der Waals surface area contributed by atoms with Crippen molar-refractivity contribution < 1.29 is 19.1 Å². The molecular formula is C8H12N2O4. The number of isocyanates is 2. The molecule has 0 unspecified atom stereocenters. The second kappa shape index (κ2) is 11.7. The maximum Gasteiger partial charge on any atom is 0.237 e. The summed E-state index contributed by atoms with van der Waals surface area (Å²) in [4.78, 5) is 25.6. The highest BCUT2D eigenvalue weighted by Crippen LogP contribution is 1.91. The van der Waals surface area contributed by atoms with Crippen LogP contribution < -0.4 is 0 Å². The van der Waals surface area contributed by atoms with Gasteiger partial charge in [-0.1, -0.05) is 0 Å². The van der Waals surface area contributed by atoms with Gasteiger partial charge in [0.25, 0.3) is 0 Å². The molecule has 0 fully saturated rings. The average molecular weight is 200 g/mol. The molecule has 0 aliphatic rings. The topological polar surface area (TPSA) is 77.3 Å². The van der Waals surface area contributed by atoms with Gasteiger partial charge in [-0.3, -0.25) is 0 Å². The molecule has 0 heterocycles. The van der Waals surface area contributed by atoms with Crippen LogP contribution in [-0.4, -0.2) is 38.8 Å². The van der Waals surface area contributed by atoms with Gasteiger partial charge in [-0.25, -0.2) is 9.59 Å². The molecule has 0 bridgehead atoms. The summed E-state index contributed by atoms with van der Waals surface area (Å²) < 4.78 is 9.86. The lowest BCUT2D eigenvalue weighted by Gasteiger charge is -2.00. The monoisotopic (exact) mass is 200 g/mol. The fraction of sp³-hybridized carbons (Fsp3) is 0.750. The minimum Gasteiger partial charge on any atom is -0.358 e. The fourth-order valence-electron chi connectivity index (χ4n) is 0.681. The van der Waals surface area contributed by atoms with Gasteiger partial charge in [0.1, 0.15) is 13.5 Å². The van der Waals surface area contributed by atoms with E-state index in [0.29, 0.717) is 13.2 Å². The van der Waals surface area contributed by atoms with Crippen LogP contribution >= 0.6 is 0 Å². The molecule has 14 heavy (non-hydrogen) atoms. The van der Waals surface area contributed by atoms with Crippen LogP contribution in [0, 0.1) is 0 Å². The number of hydrogen-bond acceptors (Lipinski definition) is 6. The Bertz CT molecular complexity index is 195. The first-order valence-electron chi connectivity index (χ1n) is 4.14. The van der Waals surface area contributed by atoms with Crippen molar-refractivity contribution >= 4 is 12.2 Å². The number of unbranched alkanes of at least 4 members (excludes halogenated alkanes) is 1. The van der Waals surface area contributed by atoms with E-state index in [1.54, 1.807) is 0 Å². The first-order valence-corrected chi connectivity index (χ1v) is 4.14. The Morgan fingerprint density at radius 3 is 1.64 bits per heavy atom. The lowest BCUT2D eigenvalue weighted by atomic mass is 10.3. The first-order chi connectivity index (χ1) is 6.91. The highest BCUT2D eigenvalue weighted by molar-refractivity contribution is 5.32. The molecule has 0 saturated heterocycles. The van der Waals surface area contributed by atoms with E-state index in [9.17, 15) is 9.59 Å². The van der Waals surface area contributed by atoms with Gasteiger partial charge >= 0.3 is 0 Å². The number of aliphatic imine (C=N–C) groups is 2. The second-order valence-electron chi connectivity index (χ2n) is 2.28. The Hall–Kier alpha value is -1.32. The zero-order chi connectivity index (χ0) is 10.5. The van der Waals surface area contributed by atoms with E-state index in [2.05, 4.69) is 9.98 Å². The molecule has 0 saturated carbocycles. The quantitative estimate of drug-likeness (QED) is 0.306. The van der Waals surface area contributed by atoms with E-state index >= 15 is 0 Å². The van der Waals surface area contributed by atoms with Crippen molar-refractivity contribution in [3.63, 3.8) is 0 Å². The zero-order valence-corrected chi connectivity index (χ0v) is 7.77. The highest BCUT2D eigenvalue weighted by Gasteiger charge is 1.89. The number of nitrogens with zero attached hydrogens (tertiary/aromatic N) is 2. The maximum absolute atomic E-state index is 9.61. The van der Waals surface area contributed by atoms with Gasteiger partial charge < -0.3 is 9.47 Å². The minimum atomic E-state index is 0.0553. The van der Waals surface area contributed by atoms with Gasteiger partial charge in [0.15, 0.2) is 0 Å². The molecule has 0 aromatic heterocycles. The molecule has 0 aliphatic heterocycles. The third-order valence-electron chi connectivity index (χ3n) is 1.27. The summed E-state index contributed by atoms with van der Waals surface area (Å²) in [6, 6.07) is 0. The van der Waals surface area contributed by atoms with Crippen molar-refractivity contribution in [2.75, 3.05) is 26.7 Å². The van der Waals surface area contributed by atoms with E-state index in [4.69, 9.17) is 9.47 Å². The van der Waals surface area contributed by atoms with Crippen LogP contribution in [0.15, 0.2) is 9.98 Å². The predicted octanol–water partition coefficient (Wildman–Crippen LogP) is 0.386. The third kappa shape index (κ3) is 10.7. The number of hydrogen-bond donors (Lipinski definition) is 0. The van der Waals surface area contributed by atoms with Gasteiger partial charge in [-0.15, -0.1) is 0 Å². The molecule has 0 rings (SSSR count). The summed E-state index contributed by atoms with van der Waals surface area (Å²) in [6.07, 6.45) is 4.35. The standard InChI is InChI=1S/C8H12N2O4/c11-5-9-7-13-3-1-2-4-14-8-10-6-12/h1-4,7-8H2. The summed E-state index contributed by atoms with van der Waals surface area (Å²) in [7, 11) is 0. The lowest BCUT2D eigenvalue weighted by molar-refractivity contribution is 0.110. The third-order valence-corrected chi connectivity index (χ3v) is 1.27. The van der Waals surface area contributed by atoms with Crippen molar-refractivity contribution in [1.82, 2.24) is 0 Å². The van der Waals surface area contributed by atoms with E-state index in [0.717, 1.165) is 12.8 Å². The lowest BCUT2D eigenvalue weighted by Crippen LogP contribution is -1.99. The molecule has 0 amide bonds. The number of carbonyl (C=O) groups excluding carboxylic acids is 2. The Balaban J connectivity index is 2.98. The van der Waals surface area contributed by atoms with Crippen LogP contribution in [0.3, 0.4) is 0 Å². The van der Waals surface area contributed by atoms with Gasteiger partial charge in [-0.2, -0.15) is 9.98 Å². The average Bonchev–Trinajstić information content (AvgIpc) is 2.21. The van der Waals surface area contributed by atoms with Crippen molar-refractivity contribution in [2.45, 2.75) is 12.8 Å². The fourth-order valence-corrected chi connectivity index (χ4v) is 0.681. The minimum absolute atomic E-state index is 0.0553. The summed E-state index contributed by atoms with van der Waals surface area (Å²) in [5.74, 6) is 0. The summed E-state index contributed by atoms with van der Waals surface area (Å²) >= 11 is 0. The van der Waals surface area contributed by atoms with Gasteiger partial charge in [0.2, 0.25) is 12.2 Å². The van der Waals surface area contributed by atoms with Crippen LogP contribution in [-0.2, 0) is 19.1 Å². The van der Waals surface area contributed by atoms with E-state index in [1.165, 1.54) is 12.2 Å². The molecule has 6 heteroatoms. The Morgan fingerprint density at radius 2 is 1.29 bits per heavy atom. The van der Waals surface area contributed by atoms with Crippen LogP contribution in [0.4, 0.5) is 0 Å². The summed E-state index contributed by atoms with van der Waals surface area (Å²) in [5, 5.41) is 0. The van der Waals surface area contributed by atoms with Gasteiger partial charge in [0.05, 0.1) is 0 Å². The largest absolute Gasteiger partial charge is 0.358 e. The molecule has 78 valence electrons. The molecule has 0 atom stereocenters. The second-order valence-corrected chi connectivity index (χ2v) is 2.28. The maximum atomic E-state index is 9.61. The van der Waals surface area contributed by atoms with Crippen molar-refractivity contribution in [3.05, 3.63) is 0 Å². The zero-order valence-electron chi connectivity index (χ0n) is 7.77. The Labute approximate surface area is 81.6 Å². The van der Waals surface area contributed by atoms with Gasteiger partial charge in [-0.05, 0) is 12.8 Å². The summed E-state index contributed by atoms with van der Waals surface area (Å²) in [6.45, 7) is 1.15. The molecular weight excluding hydrogens is 188 g/mol. The van der Waals surface area contributed by atoms with Crippen LogP contribution in [0.5, 0.6) is 0 Å². The van der Waals surface area contributed by atoms with E-state index in [-0.39, 0.29) is 13.5 Å². The molecule has 0 aromatic rings. The molecule has 0 aliphatic carbocycles. The van der Waals surface area contributed by atoms with E-state index in [1.807, 2.05) is 0 Å². The van der Waals surface area contributed by atoms with Crippen LogP contribution in [0.1, 0.15) is 12.8 Å². The number of ether oxygens (including phenoxy) is 2. The molecule has 0 N–H and O–H groups in total. The van der Waals surface area contributed by atoms with Crippen molar-refractivity contribution in [2.24, 2.45) is 9.98 Å². The number of rotatable bonds is 9. The van der Waals surface area contributed by atoms with Gasteiger partial charge in [0, 0.05) is 13.2 Å². The Kier molecular flexibility index (Phi) is 10.6. The first kappa shape index (κ1) is 12.7. The van der Waals surface area contributed by atoms with Crippen molar-refractivity contribution in [3.8, 4) is 0 Å².